The molecule has 2 nitrogen and oxygen atoms in total. The molecule has 0 radical (unpaired) electrons. The van der Waals surface area contributed by atoms with Gasteiger partial charge in [0.15, 0.2) is 0 Å². The van der Waals surface area contributed by atoms with Crippen molar-refractivity contribution in [3.8, 4) is 0 Å². The number of amides is 1. The Bertz CT molecular complexity index is 583. The average Bonchev–Trinajstić information content (AvgIpc) is 2.56. The van der Waals surface area contributed by atoms with Crippen LogP contribution >= 0.6 is 11.8 Å². The standard InChI is InChI=1S/C20H25NOS/c1-16(2)13-19(18-11-7-4-8-12-18)21-20(22)15-23-14-17-9-5-3-6-10-17/h3-12,16,19H,13-15H2,1-2H3,(H,21,22)/t19-/m0/s1. The third kappa shape index (κ3) is 6.49. The molecule has 0 saturated carbocycles. The molecule has 0 unspecified atom stereocenters. The molecular formula is C20H25NOS. The van der Waals surface area contributed by atoms with Crippen LogP contribution in [0.15, 0.2) is 60.7 Å². The maximum atomic E-state index is 12.3. The number of thioether (sulfide) groups is 1. The first-order chi connectivity index (χ1) is 11.1. The molecule has 1 atom stereocenters. The fourth-order valence-corrected chi connectivity index (χ4v) is 3.31. The van der Waals surface area contributed by atoms with Crippen LogP contribution in [0.1, 0.15) is 37.4 Å². The lowest BCUT2D eigenvalue weighted by Gasteiger charge is -2.21. The Morgan fingerprint density at radius 1 is 1.00 bits per heavy atom. The van der Waals surface area contributed by atoms with Crippen molar-refractivity contribution in [1.29, 1.82) is 0 Å². The highest BCUT2D eigenvalue weighted by Gasteiger charge is 2.15. The molecule has 0 saturated heterocycles. The van der Waals surface area contributed by atoms with E-state index < -0.39 is 0 Å². The van der Waals surface area contributed by atoms with Gasteiger partial charge in [-0.2, -0.15) is 0 Å². The Balaban J connectivity index is 1.85. The highest BCUT2D eigenvalue weighted by Crippen LogP contribution is 2.21. The summed E-state index contributed by atoms with van der Waals surface area (Å²) in [6, 6.07) is 20.6. The molecule has 3 heteroatoms. The van der Waals surface area contributed by atoms with Crippen LogP contribution in [-0.4, -0.2) is 11.7 Å². The Kier molecular flexibility index (Phi) is 7.21. The maximum Gasteiger partial charge on any atom is 0.230 e. The predicted octanol–water partition coefficient (Wildman–Crippen LogP) is 4.82. The maximum absolute atomic E-state index is 12.3. The molecule has 2 aromatic rings. The van der Waals surface area contributed by atoms with Crippen molar-refractivity contribution in [3.63, 3.8) is 0 Å². The Morgan fingerprint density at radius 2 is 1.61 bits per heavy atom. The van der Waals surface area contributed by atoms with E-state index in [9.17, 15) is 4.79 Å². The zero-order valence-corrected chi connectivity index (χ0v) is 14.7. The summed E-state index contributed by atoms with van der Waals surface area (Å²) in [5.74, 6) is 2.02. The summed E-state index contributed by atoms with van der Waals surface area (Å²) < 4.78 is 0. The van der Waals surface area contributed by atoms with Crippen LogP contribution in [0.25, 0.3) is 0 Å². The van der Waals surface area contributed by atoms with E-state index in [4.69, 9.17) is 0 Å². The average molecular weight is 327 g/mol. The van der Waals surface area contributed by atoms with Gasteiger partial charge in [0, 0.05) is 5.75 Å². The van der Waals surface area contributed by atoms with Crippen LogP contribution < -0.4 is 5.32 Å². The van der Waals surface area contributed by atoms with E-state index in [0.29, 0.717) is 11.7 Å². The number of rotatable bonds is 8. The van der Waals surface area contributed by atoms with Crippen molar-refractivity contribution in [2.45, 2.75) is 32.1 Å². The highest BCUT2D eigenvalue weighted by molar-refractivity contribution is 7.99. The summed E-state index contributed by atoms with van der Waals surface area (Å²) in [6.07, 6.45) is 0.957. The minimum atomic E-state index is 0.0982. The SMILES string of the molecule is CC(C)C[C@H](NC(=O)CSCc1ccccc1)c1ccccc1. The van der Waals surface area contributed by atoms with Gasteiger partial charge in [-0.1, -0.05) is 74.5 Å². The molecule has 0 bridgehead atoms. The van der Waals surface area contributed by atoms with Gasteiger partial charge in [0.25, 0.3) is 0 Å². The molecule has 1 amide bonds. The molecule has 0 aromatic heterocycles. The van der Waals surface area contributed by atoms with Crippen molar-refractivity contribution in [2.75, 3.05) is 5.75 Å². The first-order valence-corrected chi connectivity index (χ1v) is 9.26. The smallest absolute Gasteiger partial charge is 0.230 e. The van der Waals surface area contributed by atoms with Crippen molar-refractivity contribution in [1.82, 2.24) is 5.32 Å². The number of carbonyl (C=O) groups is 1. The molecule has 0 aliphatic rings. The van der Waals surface area contributed by atoms with Crippen molar-refractivity contribution in [2.24, 2.45) is 5.92 Å². The molecule has 1 N–H and O–H groups in total. The molecule has 0 heterocycles. The van der Waals surface area contributed by atoms with E-state index in [2.05, 4.69) is 43.4 Å². The zero-order chi connectivity index (χ0) is 16.5. The van der Waals surface area contributed by atoms with Gasteiger partial charge >= 0.3 is 0 Å². The lowest BCUT2D eigenvalue weighted by Crippen LogP contribution is -2.30. The van der Waals surface area contributed by atoms with Crippen LogP contribution in [0.5, 0.6) is 0 Å². The third-order valence-corrected chi connectivity index (χ3v) is 4.59. The van der Waals surface area contributed by atoms with Gasteiger partial charge in [0.1, 0.15) is 0 Å². The summed E-state index contributed by atoms with van der Waals surface area (Å²) in [4.78, 5) is 12.3. The lowest BCUT2D eigenvalue weighted by molar-refractivity contribution is -0.119. The summed E-state index contributed by atoms with van der Waals surface area (Å²) in [5.41, 5.74) is 2.44. The van der Waals surface area contributed by atoms with Gasteiger partial charge in [-0.15, -0.1) is 11.8 Å². The quantitative estimate of drug-likeness (QED) is 0.753. The van der Waals surface area contributed by atoms with Crippen LogP contribution in [0, 0.1) is 5.92 Å². The lowest BCUT2D eigenvalue weighted by atomic mass is 9.97. The first kappa shape index (κ1) is 17.6. The van der Waals surface area contributed by atoms with Crippen molar-refractivity contribution < 1.29 is 4.79 Å². The molecule has 0 spiro atoms. The number of benzene rings is 2. The molecule has 122 valence electrons. The van der Waals surface area contributed by atoms with Crippen molar-refractivity contribution >= 4 is 17.7 Å². The monoisotopic (exact) mass is 327 g/mol. The molecule has 2 aromatic carbocycles. The molecule has 2 rings (SSSR count). The Morgan fingerprint density at radius 3 is 2.22 bits per heavy atom. The van der Waals surface area contributed by atoms with E-state index in [1.54, 1.807) is 11.8 Å². The van der Waals surface area contributed by atoms with Gasteiger partial charge in [-0.3, -0.25) is 4.79 Å². The minimum absolute atomic E-state index is 0.0982. The summed E-state index contributed by atoms with van der Waals surface area (Å²) in [6.45, 7) is 4.37. The molecule has 0 fully saturated rings. The zero-order valence-electron chi connectivity index (χ0n) is 13.9. The normalized spacial score (nSPS) is 12.1. The summed E-state index contributed by atoms with van der Waals surface area (Å²) in [7, 11) is 0. The Hall–Kier alpha value is -1.74. The molecule has 0 aliphatic carbocycles. The van der Waals surface area contributed by atoms with Crippen LogP contribution in [-0.2, 0) is 10.5 Å². The van der Waals surface area contributed by atoms with Crippen LogP contribution in [0.3, 0.4) is 0 Å². The third-order valence-electron chi connectivity index (χ3n) is 3.59. The second kappa shape index (κ2) is 9.41. The van der Waals surface area contributed by atoms with Crippen LogP contribution in [0.2, 0.25) is 0 Å². The topological polar surface area (TPSA) is 29.1 Å². The van der Waals surface area contributed by atoms with Crippen LogP contribution in [0.4, 0.5) is 0 Å². The summed E-state index contributed by atoms with van der Waals surface area (Å²) >= 11 is 1.66. The van der Waals surface area contributed by atoms with E-state index in [-0.39, 0.29) is 11.9 Å². The number of nitrogens with one attached hydrogen (secondary N) is 1. The minimum Gasteiger partial charge on any atom is -0.349 e. The fourth-order valence-electron chi connectivity index (χ4n) is 2.51. The van der Waals surface area contributed by atoms with Gasteiger partial charge in [0.2, 0.25) is 5.91 Å². The molecule has 0 aliphatic heterocycles. The van der Waals surface area contributed by atoms with Crippen molar-refractivity contribution in [3.05, 3.63) is 71.8 Å². The molecule has 23 heavy (non-hydrogen) atoms. The van der Waals surface area contributed by atoms with E-state index in [0.717, 1.165) is 12.2 Å². The van der Waals surface area contributed by atoms with Gasteiger partial charge in [-0.05, 0) is 23.5 Å². The predicted molar refractivity (Wildman–Crippen MR) is 99.4 cm³/mol. The second-order valence-corrected chi connectivity index (χ2v) is 7.12. The van der Waals surface area contributed by atoms with E-state index in [1.165, 1.54) is 11.1 Å². The Labute approximate surface area is 143 Å². The van der Waals surface area contributed by atoms with Gasteiger partial charge in [0.05, 0.1) is 11.8 Å². The first-order valence-electron chi connectivity index (χ1n) is 8.11. The highest BCUT2D eigenvalue weighted by atomic mass is 32.2. The van der Waals surface area contributed by atoms with Gasteiger partial charge in [-0.25, -0.2) is 0 Å². The summed E-state index contributed by atoms with van der Waals surface area (Å²) in [5, 5.41) is 3.19. The number of carbonyl (C=O) groups excluding carboxylic acids is 1. The number of hydrogen-bond acceptors (Lipinski definition) is 2. The van der Waals surface area contributed by atoms with E-state index in [1.807, 2.05) is 36.4 Å². The fraction of sp³-hybridized carbons (Fsp3) is 0.350. The van der Waals surface area contributed by atoms with E-state index >= 15 is 0 Å². The molecular weight excluding hydrogens is 302 g/mol. The number of hydrogen-bond donors (Lipinski definition) is 1. The second-order valence-electron chi connectivity index (χ2n) is 6.14. The van der Waals surface area contributed by atoms with Gasteiger partial charge < -0.3 is 5.32 Å². The largest absolute Gasteiger partial charge is 0.349 e.